The summed E-state index contributed by atoms with van der Waals surface area (Å²) >= 11 is 5.88. The summed E-state index contributed by atoms with van der Waals surface area (Å²) in [6.07, 6.45) is 3.45. The summed E-state index contributed by atoms with van der Waals surface area (Å²) in [5.74, 6) is -0.334. The standard InChI is InChI=1S/C12H10ClFN2/c13-11-7-10(14)1-2-12(11)16-8-9-3-5-15-6-4-9/h1-7,16H,8H2. The second-order valence-corrected chi connectivity index (χ2v) is 3.74. The molecule has 0 saturated heterocycles. The first-order valence-corrected chi connectivity index (χ1v) is 5.21. The number of pyridine rings is 1. The van der Waals surface area contributed by atoms with Crippen molar-refractivity contribution in [1.82, 2.24) is 4.98 Å². The largest absolute Gasteiger partial charge is 0.380 e. The van der Waals surface area contributed by atoms with E-state index in [9.17, 15) is 4.39 Å². The molecule has 2 nitrogen and oxygen atoms in total. The van der Waals surface area contributed by atoms with Crippen LogP contribution in [0.5, 0.6) is 0 Å². The van der Waals surface area contributed by atoms with Gasteiger partial charge in [0.15, 0.2) is 0 Å². The van der Waals surface area contributed by atoms with Gasteiger partial charge in [0.1, 0.15) is 5.82 Å². The number of nitrogens with zero attached hydrogens (tertiary/aromatic N) is 1. The predicted octanol–water partition coefficient (Wildman–Crippen LogP) is 3.49. The maximum atomic E-state index is 12.8. The van der Waals surface area contributed by atoms with Gasteiger partial charge in [0.25, 0.3) is 0 Å². The number of nitrogens with one attached hydrogen (secondary N) is 1. The minimum Gasteiger partial charge on any atom is -0.380 e. The van der Waals surface area contributed by atoms with Crippen molar-refractivity contribution in [1.29, 1.82) is 0 Å². The van der Waals surface area contributed by atoms with E-state index in [1.165, 1.54) is 12.1 Å². The topological polar surface area (TPSA) is 24.9 Å². The van der Waals surface area contributed by atoms with Gasteiger partial charge in [0, 0.05) is 18.9 Å². The summed E-state index contributed by atoms with van der Waals surface area (Å²) < 4.78 is 12.8. The Balaban J connectivity index is 2.05. The Morgan fingerprint density at radius 3 is 2.62 bits per heavy atom. The van der Waals surface area contributed by atoms with Gasteiger partial charge in [0.05, 0.1) is 10.7 Å². The zero-order chi connectivity index (χ0) is 11.4. The SMILES string of the molecule is Fc1ccc(NCc2ccncc2)c(Cl)c1. The Kier molecular flexibility index (Phi) is 3.37. The molecule has 0 radical (unpaired) electrons. The smallest absolute Gasteiger partial charge is 0.124 e. The summed E-state index contributed by atoms with van der Waals surface area (Å²) in [7, 11) is 0. The third kappa shape index (κ3) is 2.70. The second kappa shape index (κ2) is 4.94. The minimum atomic E-state index is -0.334. The first kappa shape index (κ1) is 10.9. The van der Waals surface area contributed by atoms with Crippen LogP contribution in [0.2, 0.25) is 5.02 Å². The third-order valence-electron chi connectivity index (χ3n) is 2.16. The average Bonchev–Trinajstić information content (AvgIpc) is 2.29. The van der Waals surface area contributed by atoms with Gasteiger partial charge in [-0.1, -0.05) is 11.6 Å². The highest BCUT2D eigenvalue weighted by molar-refractivity contribution is 6.33. The van der Waals surface area contributed by atoms with Gasteiger partial charge in [-0.25, -0.2) is 4.39 Å². The zero-order valence-electron chi connectivity index (χ0n) is 8.45. The van der Waals surface area contributed by atoms with Gasteiger partial charge in [0.2, 0.25) is 0 Å². The third-order valence-corrected chi connectivity index (χ3v) is 2.48. The zero-order valence-corrected chi connectivity index (χ0v) is 9.21. The maximum Gasteiger partial charge on any atom is 0.124 e. The summed E-state index contributed by atoms with van der Waals surface area (Å²) in [6, 6.07) is 8.10. The van der Waals surface area contributed by atoms with Crippen molar-refractivity contribution in [2.75, 3.05) is 5.32 Å². The Bertz CT molecular complexity index is 474. The molecule has 0 atom stereocenters. The molecule has 82 valence electrons. The highest BCUT2D eigenvalue weighted by Gasteiger charge is 2.01. The van der Waals surface area contributed by atoms with Crippen LogP contribution >= 0.6 is 11.6 Å². The Morgan fingerprint density at radius 1 is 1.19 bits per heavy atom. The van der Waals surface area contributed by atoms with Crippen LogP contribution in [0.3, 0.4) is 0 Å². The summed E-state index contributed by atoms with van der Waals surface area (Å²) in [5, 5.41) is 3.51. The molecule has 0 aliphatic carbocycles. The van der Waals surface area contributed by atoms with Gasteiger partial charge in [-0.2, -0.15) is 0 Å². The lowest BCUT2D eigenvalue weighted by Gasteiger charge is -2.08. The number of hydrogen-bond acceptors (Lipinski definition) is 2. The van der Waals surface area contributed by atoms with E-state index in [1.54, 1.807) is 18.5 Å². The first-order valence-electron chi connectivity index (χ1n) is 4.83. The van der Waals surface area contributed by atoms with Crippen molar-refractivity contribution in [3.63, 3.8) is 0 Å². The van der Waals surface area contributed by atoms with Gasteiger partial charge in [-0.15, -0.1) is 0 Å². The Morgan fingerprint density at radius 2 is 1.94 bits per heavy atom. The molecule has 1 heterocycles. The summed E-state index contributed by atoms with van der Waals surface area (Å²) in [6.45, 7) is 0.633. The molecule has 0 bridgehead atoms. The quantitative estimate of drug-likeness (QED) is 0.883. The van der Waals surface area contributed by atoms with Gasteiger partial charge >= 0.3 is 0 Å². The molecule has 0 unspecified atom stereocenters. The molecular weight excluding hydrogens is 227 g/mol. The van der Waals surface area contributed by atoms with Gasteiger partial charge < -0.3 is 5.32 Å². The molecule has 2 rings (SSSR count). The van der Waals surface area contributed by atoms with Crippen LogP contribution in [0.1, 0.15) is 5.56 Å². The van der Waals surface area contributed by atoms with Gasteiger partial charge in [-0.05, 0) is 35.9 Å². The molecule has 1 aromatic carbocycles. The van der Waals surface area contributed by atoms with Crippen molar-refractivity contribution in [3.8, 4) is 0 Å². The lowest BCUT2D eigenvalue weighted by Crippen LogP contribution is -2.00. The van der Waals surface area contributed by atoms with Crippen LogP contribution < -0.4 is 5.32 Å². The van der Waals surface area contributed by atoms with E-state index in [1.807, 2.05) is 12.1 Å². The van der Waals surface area contributed by atoms with Crippen molar-refractivity contribution >= 4 is 17.3 Å². The van der Waals surface area contributed by atoms with Crippen molar-refractivity contribution in [3.05, 3.63) is 59.1 Å². The van der Waals surface area contributed by atoms with E-state index in [4.69, 9.17) is 11.6 Å². The molecule has 2 aromatic rings. The molecule has 4 heteroatoms. The van der Waals surface area contributed by atoms with Crippen molar-refractivity contribution < 1.29 is 4.39 Å². The fourth-order valence-corrected chi connectivity index (χ4v) is 1.56. The molecule has 1 N–H and O–H groups in total. The van der Waals surface area contributed by atoms with Crippen LogP contribution in [0.4, 0.5) is 10.1 Å². The first-order chi connectivity index (χ1) is 7.75. The van der Waals surface area contributed by atoms with Crippen molar-refractivity contribution in [2.45, 2.75) is 6.54 Å². The molecule has 0 aliphatic rings. The van der Waals surface area contributed by atoms with Crippen LogP contribution in [-0.4, -0.2) is 4.98 Å². The summed E-state index contributed by atoms with van der Waals surface area (Å²) in [4.78, 5) is 3.93. The number of halogens is 2. The second-order valence-electron chi connectivity index (χ2n) is 3.33. The molecule has 0 spiro atoms. The van der Waals surface area contributed by atoms with E-state index in [-0.39, 0.29) is 5.82 Å². The molecule has 0 aliphatic heterocycles. The van der Waals surface area contributed by atoms with E-state index in [0.29, 0.717) is 11.6 Å². The maximum absolute atomic E-state index is 12.8. The number of anilines is 1. The molecule has 16 heavy (non-hydrogen) atoms. The molecule has 0 saturated carbocycles. The number of aromatic nitrogens is 1. The van der Waals surface area contributed by atoms with Crippen LogP contribution in [0, 0.1) is 5.82 Å². The fraction of sp³-hybridized carbons (Fsp3) is 0.0833. The fourth-order valence-electron chi connectivity index (χ4n) is 1.33. The van der Waals surface area contributed by atoms with E-state index >= 15 is 0 Å². The normalized spacial score (nSPS) is 10.1. The van der Waals surface area contributed by atoms with E-state index < -0.39 is 0 Å². The monoisotopic (exact) mass is 236 g/mol. The molecule has 1 aromatic heterocycles. The van der Waals surface area contributed by atoms with Crippen LogP contribution in [-0.2, 0) is 6.54 Å². The predicted molar refractivity (Wildman–Crippen MR) is 63.0 cm³/mol. The van der Waals surface area contributed by atoms with Crippen LogP contribution in [0.15, 0.2) is 42.7 Å². The molecule has 0 fully saturated rings. The minimum absolute atomic E-state index is 0.334. The summed E-state index contributed by atoms with van der Waals surface area (Å²) in [5.41, 5.74) is 1.82. The Labute approximate surface area is 98.1 Å². The number of rotatable bonds is 3. The highest BCUT2D eigenvalue weighted by atomic mass is 35.5. The average molecular weight is 237 g/mol. The highest BCUT2D eigenvalue weighted by Crippen LogP contribution is 2.22. The molecule has 0 amide bonds. The van der Waals surface area contributed by atoms with Gasteiger partial charge in [-0.3, -0.25) is 4.98 Å². The van der Waals surface area contributed by atoms with Crippen molar-refractivity contribution in [2.24, 2.45) is 0 Å². The Hall–Kier alpha value is -1.61. The van der Waals surface area contributed by atoms with E-state index in [0.717, 1.165) is 11.3 Å². The van der Waals surface area contributed by atoms with E-state index in [2.05, 4.69) is 10.3 Å². The lowest BCUT2D eigenvalue weighted by atomic mass is 10.2. The number of benzene rings is 1. The number of hydrogen-bond donors (Lipinski definition) is 1. The molecular formula is C12H10ClFN2. The van der Waals surface area contributed by atoms with Crippen LogP contribution in [0.25, 0.3) is 0 Å². The lowest BCUT2D eigenvalue weighted by molar-refractivity contribution is 0.628.